The third-order valence-corrected chi connectivity index (χ3v) is 3.74. The fourth-order valence-electron chi connectivity index (χ4n) is 2.43. The molecule has 0 amide bonds. The van der Waals surface area contributed by atoms with E-state index in [1.54, 1.807) is 13.8 Å². The first-order valence-corrected chi connectivity index (χ1v) is 7.40. The molecule has 0 aliphatic rings. The van der Waals surface area contributed by atoms with Gasteiger partial charge in [0.15, 0.2) is 18.0 Å². The van der Waals surface area contributed by atoms with Crippen LogP contribution in [0.15, 0.2) is 35.3 Å². The average molecular weight is 343 g/mol. The van der Waals surface area contributed by atoms with Gasteiger partial charge in [-0.25, -0.2) is 23.5 Å². The number of ketones is 1. The number of Topliss-reactive ketones (excluding diaryl/α,β-unsaturated/α-hetero) is 1. The molecule has 3 aromatic rings. The minimum Gasteiger partial charge on any atom is -0.454 e. The highest BCUT2D eigenvalue weighted by atomic mass is 19.1. The Morgan fingerprint density at radius 2 is 1.88 bits per heavy atom. The highest BCUT2D eigenvalue weighted by Crippen LogP contribution is 2.15. The van der Waals surface area contributed by atoms with Crippen molar-refractivity contribution in [3.63, 3.8) is 0 Å². The summed E-state index contributed by atoms with van der Waals surface area (Å²) in [6.45, 7) is 2.63. The number of aromatic nitrogens is 3. The summed E-state index contributed by atoms with van der Waals surface area (Å²) in [5.41, 5.74) is 0.938. The Labute approximate surface area is 141 Å². The van der Waals surface area contributed by atoms with Crippen LogP contribution in [0.5, 0.6) is 0 Å². The summed E-state index contributed by atoms with van der Waals surface area (Å²) in [6, 6.07) is 5.74. The lowest BCUT2D eigenvalue weighted by Crippen LogP contribution is -2.16. The number of pyridine rings is 1. The van der Waals surface area contributed by atoms with Crippen LogP contribution in [-0.2, 0) is 4.74 Å². The summed E-state index contributed by atoms with van der Waals surface area (Å²) in [4.78, 5) is 35.7. The number of ether oxygens (including phenoxy) is 1. The summed E-state index contributed by atoms with van der Waals surface area (Å²) in [5.74, 6) is -1.56. The Morgan fingerprint density at radius 1 is 1.20 bits per heavy atom. The molecule has 0 saturated heterocycles. The zero-order chi connectivity index (χ0) is 18.1. The minimum absolute atomic E-state index is 0.107. The van der Waals surface area contributed by atoms with E-state index in [-0.39, 0.29) is 16.9 Å². The molecule has 0 aliphatic carbocycles. The second-order valence-electron chi connectivity index (χ2n) is 5.60. The Balaban J connectivity index is 1.73. The molecule has 0 radical (unpaired) electrons. The average Bonchev–Trinajstić information content (AvgIpc) is 2.97. The number of H-pyrrole nitrogens is 1. The summed E-state index contributed by atoms with van der Waals surface area (Å²) >= 11 is 0. The summed E-state index contributed by atoms with van der Waals surface area (Å²) in [6.07, 6.45) is 1.28. The molecule has 0 bridgehead atoms. The number of carbonyl (C=O) groups excluding carboxylic acids is 2. The summed E-state index contributed by atoms with van der Waals surface area (Å²) in [7, 11) is 0. The monoisotopic (exact) mass is 343 g/mol. The van der Waals surface area contributed by atoms with Crippen LogP contribution in [0.2, 0.25) is 0 Å². The second kappa shape index (κ2) is 6.31. The highest BCUT2D eigenvalue weighted by molar-refractivity contribution is 5.99. The van der Waals surface area contributed by atoms with Gasteiger partial charge in [0.25, 0.3) is 0 Å². The topological polar surface area (TPSA) is 93.5 Å². The first kappa shape index (κ1) is 16.6. The van der Waals surface area contributed by atoms with Crippen molar-refractivity contribution in [1.82, 2.24) is 14.6 Å². The molecule has 1 N–H and O–H groups in total. The molecule has 25 heavy (non-hydrogen) atoms. The van der Waals surface area contributed by atoms with Crippen LogP contribution in [-0.4, -0.2) is 33.0 Å². The molecule has 128 valence electrons. The smallest absolute Gasteiger partial charge is 0.347 e. The van der Waals surface area contributed by atoms with Gasteiger partial charge >= 0.3 is 11.7 Å². The largest absolute Gasteiger partial charge is 0.454 e. The fraction of sp³-hybridized carbons (Fsp3) is 0.176. The van der Waals surface area contributed by atoms with Crippen molar-refractivity contribution < 1.29 is 18.7 Å². The molecular weight excluding hydrogens is 329 g/mol. The first-order valence-electron chi connectivity index (χ1n) is 7.40. The molecular formula is C17H14FN3O4. The number of carbonyl (C=O) groups is 2. The number of aromatic amines is 1. The zero-order valence-electron chi connectivity index (χ0n) is 13.5. The number of benzene rings is 1. The van der Waals surface area contributed by atoms with Gasteiger partial charge in [-0.05, 0) is 49.2 Å². The first-order chi connectivity index (χ1) is 11.9. The van der Waals surface area contributed by atoms with E-state index < -0.39 is 24.0 Å². The molecule has 8 heteroatoms. The lowest BCUT2D eigenvalue weighted by molar-refractivity contribution is 0.0474. The molecule has 2 heterocycles. The third kappa shape index (κ3) is 3.18. The van der Waals surface area contributed by atoms with Crippen molar-refractivity contribution in [2.45, 2.75) is 13.8 Å². The van der Waals surface area contributed by atoms with E-state index >= 15 is 0 Å². The lowest BCUT2D eigenvalue weighted by Gasteiger charge is -2.07. The van der Waals surface area contributed by atoms with Crippen LogP contribution in [0.4, 0.5) is 4.39 Å². The molecule has 1 aromatic carbocycles. The number of halogens is 1. The van der Waals surface area contributed by atoms with Crippen LogP contribution in [0.25, 0.3) is 5.65 Å². The van der Waals surface area contributed by atoms with Gasteiger partial charge in [0.2, 0.25) is 0 Å². The van der Waals surface area contributed by atoms with Crippen LogP contribution < -0.4 is 5.69 Å². The quantitative estimate of drug-likeness (QED) is 0.576. The standard InChI is InChI=1S/C17H14FN3O4/c1-9-5-12(6-10(2)15(9)18)13(22)8-25-16(23)11-3-4-14-19-20-17(24)21(14)7-11/h3-7H,8H2,1-2H3,(H,20,24). The zero-order valence-corrected chi connectivity index (χ0v) is 13.5. The Hall–Kier alpha value is -3.29. The van der Waals surface area contributed by atoms with E-state index in [2.05, 4.69) is 10.2 Å². The van der Waals surface area contributed by atoms with E-state index in [0.29, 0.717) is 16.8 Å². The van der Waals surface area contributed by atoms with Crippen molar-refractivity contribution in [1.29, 1.82) is 0 Å². The molecule has 0 atom stereocenters. The van der Waals surface area contributed by atoms with Gasteiger partial charge in [-0.2, -0.15) is 5.10 Å². The molecule has 0 aliphatic heterocycles. The predicted octanol–water partition coefficient (Wildman–Crippen LogP) is 1.82. The van der Waals surface area contributed by atoms with Gasteiger partial charge in [-0.3, -0.25) is 4.79 Å². The van der Waals surface area contributed by atoms with Crippen molar-refractivity contribution in [3.05, 3.63) is 69.0 Å². The van der Waals surface area contributed by atoms with E-state index in [9.17, 15) is 18.8 Å². The molecule has 7 nitrogen and oxygen atoms in total. The van der Waals surface area contributed by atoms with Gasteiger partial charge in [0.05, 0.1) is 5.56 Å². The van der Waals surface area contributed by atoms with Gasteiger partial charge in [-0.15, -0.1) is 0 Å². The maximum Gasteiger partial charge on any atom is 0.347 e. The Bertz CT molecular complexity index is 1030. The number of rotatable bonds is 4. The van der Waals surface area contributed by atoms with E-state index in [1.165, 1.54) is 30.5 Å². The maximum atomic E-state index is 13.6. The third-order valence-electron chi connectivity index (χ3n) is 3.74. The predicted molar refractivity (Wildman–Crippen MR) is 86.3 cm³/mol. The minimum atomic E-state index is -0.751. The summed E-state index contributed by atoms with van der Waals surface area (Å²) in [5, 5.41) is 5.99. The second-order valence-corrected chi connectivity index (χ2v) is 5.60. The fourth-order valence-corrected chi connectivity index (χ4v) is 2.43. The Morgan fingerprint density at radius 3 is 2.56 bits per heavy atom. The highest BCUT2D eigenvalue weighted by Gasteiger charge is 2.15. The maximum absolute atomic E-state index is 13.6. The van der Waals surface area contributed by atoms with Crippen molar-refractivity contribution in [3.8, 4) is 0 Å². The number of nitrogens with one attached hydrogen (secondary N) is 1. The Kier molecular flexibility index (Phi) is 4.18. The molecule has 0 fully saturated rings. The van der Waals surface area contributed by atoms with Gasteiger partial charge in [0, 0.05) is 11.8 Å². The molecule has 0 unspecified atom stereocenters. The lowest BCUT2D eigenvalue weighted by atomic mass is 10.0. The molecule has 3 rings (SSSR count). The van der Waals surface area contributed by atoms with E-state index in [1.807, 2.05) is 0 Å². The number of nitrogens with zero attached hydrogens (tertiary/aromatic N) is 2. The summed E-state index contributed by atoms with van der Waals surface area (Å²) < 4.78 is 19.8. The van der Waals surface area contributed by atoms with Crippen LogP contribution in [0.3, 0.4) is 0 Å². The molecule has 0 spiro atoms. The number of aryl methyl sites for hydroxylation is 2. The number of hydrogen-bond acceptors (Lipinski definition) is 5. The number of fused-ring (bicyclic) bond motifs is 1. The van der Waals surface area contributed by atoms with E-state index in [4.69, 9.17) is 4.74 Å². The van der Waals surface area contributed by atoms with E-state index in [0.717, 1.165) is 4.40 Å². The molecule has 0 saturated carbocycles. The van der Waals surface area contributed by atoms with Gasteiger partial charge in [0.1, 0.15) is 5.82 Å². The normalized spacial score (nSPS) is 10.8. The van der Waals surface area contributed by atoms with Gasteiger partial charge < -0.3 is 4.74 Å². The number of esters is 1. The molecule has 2 aromatic heterocycles. The van der Waals surface area contributed by atoms with Crippen LogP contribution in [0.1, 0.15) is 31.8 Å². The van der Waals surface area contributed by atoms with Gasteiger partial charge in [-0.1, -0.05) is 0 Å². The van der Waals surface area contributed by atoms with Crippen molar-refractivity contribution >= 4 is 17.4 Å². The van der Waals surface area contributed by atoms with Crippen LogP contribution >= 0.6 is 0 Å². The van der Waals surface area contributed by atoms with Crippen molar-refractivity contribution in [2.75, 3.05) is 6.61 Å². The SMILES string of the molecule is Cc1cc(C(=O)COC(=O)c2ccc3n[nH]c(=O)n3c2)cc(C)c1F. The number of hydrogen-bond donors (Lipinski definition) is 1. The van der Waals surface area contributed by atoms with Crippen molar-refractivity contribution in [2.24, 2.45) is 0 Å². The van der Waals surface area contributed by atoms with Crippen LogP contribution in [0, 0.1) is 19.7 Å².